The molecule has 19 heavy (non-hydrogen) atoms. The van der Waals surface area contributed by atoms with Crippen molar-refractivity contribution < 1.29 is 9.47 Å². The van der Waals surface area contributed by atoms with Crippen LogP contribution in [0, 0.1) is 0 Å². The first-order valence-electron chi connectivity index (χ1n) is 6.23. The molecule has 1 aromatic carbocycles. The molecule has 1 aliphatic rings. The monoisotopic (exact) mass is 319 g/mol. The summed E-state index contributed by atoms with van der Waals surface area (Å²) in [6.45, 7) is 0. The second-order valence-electron chi connectivity index (χ2n) is 4.62. The van der Waals surface area contributed by atoms with Gasteiger partial charge in [-0.1, -0.05) is 15.9 Å². The average molecular weight is 320 g/mol. The van der Waals surface area contributed by atoms with E-state index >= 15 is 0 Å². The molecule has 2 aromatic rings. The maximum Gasteiger partial charge on any atom is 0.145 e. The predicted molar refractivity (Wildman–Crippen MR) is 77.0 cm³/mol. The Balaban J connectivity index is 1.78. The van der Waals surface area contributed by atoms with Crippen molar-refractivity contribution >= 4 is 15.9 Å². The number of ether oxygens (including phenoxy) is 2. The Morgan fingerprint density at radius 2 is 1.89 bits per heavy atom. The molecule has 4 heteroatoms. The zero-order chi connectivity index (χ0) is 13.2. The van der Waals surface area contributed by atoms with E-state index < -0.39 is 0 Å². The Kier molecular flexibility index (Phi) is 3.42. The molecule has 0 unspecified atom stereocenters. The van der Waals surface area contributed by atoms with Gasteiger partial charge in [0, 0.05) is 22.2 Å². The number of nitrogens with zero attached hydrogens (tertiary/aromatic N) is 1. The van der Waals surface area contributed by atoms with Gasteiger partial charge in [-0.2, -0.15) is 0 Å². The van der Waals surface area contributed by atoms with E-state index in [9.17, 15) is 0 Å². The zero-order valence-electron chi connectivity index (χ0n) is 10.6. The fourth-order valence-electron chi connectivity index (χ4n) is 1.92. The van der Waals surface area contributed by atoms with Gasteiger partial charge >= 0.3 is 0 Å². The van der Waals surface area contributed by atoms with E-state index in [1.807, 2.05) is 30.3 Å². The predicted octanol–water partition coefficient (Wildman–Crippen LogP) is 4.52. The number of pyridine rings is 1. The van der Waals surface area contributed by atoms with Gasteiger partial charge in [0.2, 0.25) is 0 Å². The van der Waals surface area contributed by atoms with E-state index in [0.717, 1.165) is 21.7 Å². The summed E-state index contributed by atoms with van der Waals surface area (Å²) in [6, 6.07) is 9.65. The highest BCUT2D eigenvalue weighted by Crippen LogP contribution is 2.39. The first-order chi connectivity index (χ1) is 9.24. The topological polar surface area (TPSA) is 31.4 Å². The lowest BCUT2D eigenvalue weighted by Gasteiger charge is -2.08. The maximum absolute atomic E-state index is 5.78. The average Bonchev–Trinajstić information content (AvgIpc) is 3.23. The highest BCUT2D eigenvalue weighted by molar-refractivity contribution is 9.10. The number of halogens is 1. The molecule has 1 aliphatic carbocycles. The molecule has 0 aliphatic heterocycles. The highest BCUT2D eigenvalue weighted by Gasteiger charge is 2.24. The smallest absolute Gasteiger partial charge is 0.145 e. The van der Waals surface area contributed by atoms with Crippen molar-refractivity contribution in [3.05, 3.63) is 46.7 Å². The van der Waals surface area contributed by atoms with Crippen molar-refractivity contribution in [2.45, 2.75) is 18.8 Å². The summed E-state index contributed by atoms with van der Waals surface area (Å²) >= 11 is 3.43. The third kappa shape index (κ3) is 3.07. The second-order valence-corrected chi connectivity index (χ2v) is 5.54. The Morgan fingerprint density at radius 3 is 2.53 bits per heavy atom. The SMILES string of the molecule is COc1cc(Br)cc(Oc2ccc(C3CC3)nc2)c1. The number of rotatable bonds is 4. The van der Waals surface area contributed by atoms with Crippen molar-refractivity contribution in [3.8, 4) is 17.2 Å². The van der Waals surface area contributed by atoms with Crippen molar-refractivity contribution in [3.63, 3.8) is 0 Å². The van der Waals surface area contributed by atoms with Crippen LogP contribution in [-0.4, -0.2) is 12.1 Å². The number of aromatic nitrogens is 1. The molecule has 1 heterocycles. The Bertz CT molecular complexity index is 579. The molecule has 1 saturated carbocycles. The summed E-state index contributed by atoms with van der Waals surface area (Å²) in [5, 5.41) is 0. The van der Waals surface area contributed by atoms with Crippen molar-refractivity contribution in [1.82, 2.24) is 4.98 Å². The maximum atomic E-state index is 5.78. The Morgan fingerprint density at radius 1 is 1.11 bits per heavy atom. The summed E-state index contributed by atoms with van der Waals surface area (Å²) in [6.07, 6.45) is 4.30. The van der Waals surface area contributed by atoms with E-state index in [-0.39, 0.29) is 0 Å². The molecule has 98 valence electrons. The van der Waals surface area contributed by atoms with E-state index in [1.165, 1.54) is 18.5 Å². The lowest BCUT2D eigenvalue weighted by atomic mass is 10.2. The van der Waals surface area contributed by atoms with Crippen LogP contribution in [0.5, 0.6) is 17.2 Å². The van der Waals surface area contributed by atoms with E-state index in [4.69, 9.17) is 9.47 Å². The van der Waals surface area contributed by atoms with E-state index in [0.29, 0.717) is 5.92 Å². The quantitative estimate of drug-likeness (QED) is 0.830. The summed E-state index contributed by atoms with van der Waals surface area (Å²) in [5.41, 5.74) is 1.17. The van der Waals surface area contributed by atoms with Crippen molar-refractivity contribution in [1.29, 1.82) is 0 Å². The molecule has 0 spiro atoms. The van der Waals surface area contributed by atoms with Gasteiger partial charge in [-0.3, -0.25) is 4.98 Å². The summed E-state index contributed by atoms with van der Waals surface area (Å²) in [4.78, 5) is 4.43. The van der Waals surface area contributed by atoms with Crippen molar-refractivity contribution in [2.75, 3.05) is 7.11 Å². The third-order valence-corrected chi connectivity index (χ3v) is 3.53. The number of methoxy groups -OCH3 is 1. The molecule has 0 N–H and O–H groups in total. The standard InChI is InChI=1S/C15H14BrNO2/c1-18-13-6-11(16)7-14(8-13)19-12-4-5-15(17-9-12)10-2-3-10/h4-10H,2-3H2,1H3. The van der Waals surface area contributed by atoms with Crippen LogP contribution in [0.25, 0.3) is 0 Å². The van der Waals surface area contributed by atoms with Gasteiger partial charge in [0.15, 0.2) is 0 Å². The van der Waals surface area contributed by atoms with Crippen LogP contribution in [0.2, 0.25) is 0 Å². The molecular weight excluding hydrogens is 306 g/mol. The van der Waals surface area contributed by atoms with Crippen LogP contribution in [-0.2, 0) is 0 Å². The molecule has 0 atom stereocenters. The molecule has 0 saturated heterocycles. The fourth-order valence-corrected chi connectivity index (χ4v) is 2.37. The van der Waals surface area contributed by atoms with Crippen LogP contribution < -0.4 is 9.47 Å². The molecule has 3 rings (SSSR count). The van der Waals surface area contributed by atoms with Gasteiger partial charge in [-0.05, 0) is 37.1 Å². The molecule has 3 nitrogen and oxygen atoms in total. The molecular formula is C15H14BrNO2. The summed E-state index contributed by atoms with van der Waals surface area (Å²) in [5.74, 6) is 2.89. The molecule has 1 fully saturated rings. The highest BCUT2D eigenvalue weighted by atomic mass is 79.9. The van der Waals surface area contributed by atoms with Crippen LogP contribution in [0.3, 0.4) is 0 Å². The molecule has 0 amide bonds. The van der Waals surface area contributed by atoms with Crippen molar-refractivity contribution in [2.24, 2.45) is 0 Å². The van der Waals surface area contributed by atoms with Gasteiger partial charge in [0.1, 0.15) is 17.2 Å². The number of hydrogen-bond acceptors (Lipinski definition) is 3. The lowest BCUT2D eigenvalue weighted by Crippen LogP contribution is -1.90. The Hall–Kier alpha value is -1.55. The minimum absolute atomic E-state index is 0.667. The normalized spacial score (nSPS) is 14.2. The molecule has 0 bridgehead atoms. The van der Waals surface area contributed by atoms with Crippen LogP contribution >= 0.6 is 15.9 Å². The fraction of sp³-hybridized carbons (Fsp3) is 0.267. The lowest BCUT2D eigenvalue weighted by molar-refractivity contribution is 0.408. The van der Waals surface area contributed by atoms with Gasteiger partial charge in [0.25, 0.3) is 0 Å². The van der Waals surface area contributed by atoms with Gasteiger partial charge in [0.05, 0.1) is 13.3 Å². The third-order valence-electron chi connectivity index (χ3n) is 3.07. The number of hydrogen-bond donors (Lipinski definition) is 0. The van der Waals surface area contributed by atoms with Gasteiger partial charge < -0.3 is 9.47 Å². The van der Waals surface area contributed by atoms with Crippen LogP contribution in [0.15, 0.2) is 41.0 Å². The molecule has 0 radical (unpaired) electrons. The largest absolute Gasteiger partial charge is 0.497 e. The van der Waals surface area contributed by atoms with Crippen LogP contribution in [0.4, 0.5) is 0 Å². The van der Waals surface area contributed by atoms with Gasteiger partial charge in [-0.15, -0.1) is 0 Å². The van der Waals surface area contributed by atoms with E-state index in [1.54, 1.807) is 13.3 Å². The summed E-state index contributed by atoms with van der Waals surface area (Å²) in [7, 11) is 1.64. The first-order valence-corrected chi connectivity index (χ1v) is 7.02. The van der Waals surface area contributed by atoms with Crippen LogP contribution in [0.1, 0.15) is 24.5 Å². The number of benzene rings is 1. The minimum atomic E-state index is 0.667. The second kappa shape index (κ2) is 5.21. The Labute approximate surface area is 120 Å². The minimum Gasteiger partial charge on any atom is -0.497 e. The molecule has 1 aromatic heterocycles. The summed E-state index contributed by atoms with van der Waals surface area (Å²) < 4.78 is 11.9. The van der Waals surface area contributed by atoms with Gasteiger partial charge in [-0.25, -0.2) is 0 Å². The van der Waals surface area contributed by atoms with E-state index in [2.05, 4.69) is 20.9 Å². The zero-order valence-corrected chi connectivity index (χ0v) is 12.2. The first kappa shape index (κ1) is 12.5.